The fraction of sp³-hybridized carbons (Fsp3) is 0.444. The minimum absolute atomic E-state index is 0.0252. The lowest BCUT2D eigenvalue weighted by Gasteiger charge is -2.19. The van der Waals surface area contributed by atoms with Crippen molar-refractivity contribution < 1.29 is 19.1 Å². The number of rotatable bonds is 4. The molecule has 25 heavy (non-hydrogen) atoms. The Morgan fingerprint density at radius 1 is 1.24 bits per heavy atom. The molecule has 1 heterocycles. The molecule has 0 spiro atoms. The molecule has 3 rings (SSSR count). The number of halogens is 1. The molecule has 6 nitrogen and oxygen atoms in total. The number of ether oxygens (including phenoxy) is 1. The molecule has 2 aliphatic rings. The van der Waals surface area contributed by atoms with Crippen molar-refractivity contribution in [2.45, 2.75) is 32.1 Å². The highest BCUT2D eigenvalue weighted by Crippen LogP contribution is 2.38. The summed E-state index contributed by atoms with van der Waals surface area (Å²) in [5, 5.41) is 8.95. The molecule has 7 heteroatoms. The average Bonchev–Trinajstić information content (AvgIpc) is 2.86. The molecule has 0 bridgehead atoms. The Kier molecular flexibility index (Phi) is 5.05. The fourth-order valence-electron chi connectivity index (χ4n) is 3.48. The molecule has 0 unspecified atom stereocenters. The number of likely N-dealkylation sites (tertiary alicyclic amines) is 1. The first-order valence-electron chi connectivity index (χ1n) is 8.27. The molecule has 1 aromatic carbocycles. The van der Waals surface area contributed by atoms with Gasteiger partial charge < -0.3 is 4.74 Å². The Balaban J connectivity index is 1.58. The van der Waals surface area contributed by atoms with Gasteiger partial charge in [0.25, 0.3) is 0 Å². The summed E-state index contributed by atoms with van der Waals surface area (Å²) in [6, 6.07) is 6.28. The molecule has 1 aliphatic carbocycles. The van der Waals surface area contributed by atoms with Crippen LogP contribution in [0, 0.1) is 23.2 Å². The van der Waals surface area contributed by atoms with Crippen molar-refractivity contribution in [3.05, 3.63) is 28.8 Å². The molecule has 1 aromatic rings. The van der Waals surface area contributed by atoms with Gasteiger partial charge in [0.2, 0.25) is 11.8 Å². The summed E-state index contributed by atoms with van der Waals surface area (Å²) >= 11 is 5.96. The molecule has 0 N–H and O–H groups in total. The number of imide groups is 1. The summed E-state index contributed by atoms with van der Waals surface area (Å²) in [7, 11) is 0. The smallest absolute Gasteiger partial charge is 0.313 e. The number of nitriles is 1. The van der Waals surface area contributed by atoms with Gasteiger partial charge in [-0.25, -0.2) is 0 Å². The van der Waals surface area contributed by atoms with Crippen LogP contribution in [0.1, 0.15) is 37.7 Å². The first-order valence-corrected chi connectivity index (χ1v) is 8.64. The molecule has 0 radical (unpaired) electrons. The van der Waals surface area contributed by atoms with Crippen LogP contribution in [0.2, 0.25) is 5.02 Å². The van der Waals surface area contributed by atoms with Crippen molar-refractivity contribution in [3.63, 3.8) is 0 Å². The molecule has 130 valence electrons. The van der Waals surface area contributed by atoms with Crippen molar-refractivity contribution in [2.75, 3.05) is 6.54 Å². The third-order valence-electron chi connectivity index (χ3n) is 4.76. The lowest BCUT2D eigenvalue weighted by Crippen LogP contribution is -2.33. The number of nitrogens with zero attached hydrogens (tertiary/aromatic N) is 2. The average molecular weight is 361 g/mol. The number of hydrogen-bond donors (Lipinski definition) is 0. The van der Waals surface area contributed by atoms with Crippen LogP contribution in [0.4, 0.5) is 0 Å². The highest BCUT2D eigenvalue weighted by atomic mass is 35.5. The molecule has 1 aliphatic heterocycles. The summed E-state index contributed by atoms with van der Waals surface area (Å²) in [5.41, 5.74) is 0.362. The predicted molar refractivity (Wildman–Crippen MR) is 88.6 cm³/mol. The van der Waals surface area contributed by atoms with Crippen LogP contribution < -0.4 is 4.74 Å². The van der Waals surface area contributed by atoms with Gasteiger partial charge >= 0.3 is 5.97 Å². The van der Waals surface area contributed by atoms with Gasteiger partial charge in [-0.05, 0) is 31.0 Å². The number of carbonyl (C=O) groups is 3. The third kappa shape index (κ3) is 3.52. The Morgan fingerprint density at radius 3 is 2.44 bits per heavy atom. The van der Waals surface area contributed by atoms with Crippen LogP contribution in [-0.2, 0) is 14.4 Å². The minimum Gasteiger partial charge on any atom is -0.425 e. The maximum Gasteiger partial charge on any atom is 0.313 e. The van der Waals surface area contributed by atoms with Gasteiger partial charge in [0.1, 0.15) is 5.75 Å². The van der Waals surface area contributed by atoms with Crippen LogP contribution in [-0.4, -0.2) is 29.2 Å². The summed E-state index contributed by atoms with van der Waals surface area (Å²) in [5.74, 6) is -1.20. The maximum atomic E-state index is 12.3. The number of amides is 2. The van der Waals surface area contributed by atoms with E-state index < -0.39 is 5.97 Å². The molecular formula is C18H17ClN2O4. The summed E-state index contributed by atoms with van der Waals surface area (Å²) < 4.78 is 5.16. The van der Waals surface area contributed by atoms with Crippen molar-refractivity contribution in [1.82, 2.24) is 4.90 Å². The molecular weight excluding hydrogens is 344 g/mol. The molecule has 0 aromatic heterocycles. The highest BCUT2D eigenvalue weighted by Gasteiger charge is 2.47. The second kappa shape index (κ2) is 7.24. The van der Waals surface area contributed by atoms with Crippen LogP contribution >= 0.6 is 11.6 Å². The first-order chi connectivity index (χ1) is 12.0. The predicted octanol–water partition coefficient (Wildman–Crippen LogP) is 2.68. The van der Waals surface area contributed by atoms with E-state index in [1.54, 1.807) is 0 Å². The minimum atomic E-state index is -0.581. The molecule has 1 saturated heterocycles. The number of fused-ring (bicyclic) bond motifs is 1. The number of esters is 1. The van der Waals surface area contributed by atoms with Gasteiger partial charge in [-0.15, -0.1) is 0 Å². The van der Waals surface area contributed by atoms with E-state index in [4.69, 9.17) is 21.6 Å². The van der Waals surface area contributed by atoms with Gasteiger partial charge in [-0.3, -0.25) is 19.3 Å². The number of benzene rings is 1. The molecule has 1 saturated carbocycles. The second-order valence-electron chi connectivity index (χ2n) is 6.31. The van der Waals surface area contributed by atoms with E-state index in [2.05, 4.69) is 0 Å². The second-order valence-corrected chi connectivity index (χ2v) is 6.71. The summed E-state index contributed by atoms with van der Waals surface area (Å²) in [4.78, 5) is 37.9. The maximum absolute atomic E-state index is 12.3. The third-order valence-corrected chi connectivity index (χ3v) is 5.05. The van der Waals surface area contributed by atoms with Gasteiger partial charge in [0.05, 0.1) is 34.9 Å². The van der Waals surface area contributed by atoms with E-state index in [0.29, 0.717) is 5.56 Å². The fourth-order valence-corrected chi connectivity index (χ4v) is 3.70. The van der Waals surface area contributed by atoms with Crippen molar-refractivity contribution >= 4 is 29.4 Å². The van der Waals surface area contributed by atoms with Gasteiger partial charge in [0.15, 0.2) is 0 Å². The van der Waals surface area contributed by atoms with Crippen molar-refractivity contribution in [3.8, 4) is 11.8 Å². The monoisotopic (exact) mass is 360 g/mol. The zero-order chi connectivity index (χ0) is 18.0. The Morgan fingerprint density at radius 2 is 1.88 bits per heavy atom. The summed E-state index contributed by atoms with van der Waals surface area (Å²) in [6.45, 7) is 0.0252. The van der Waals surface area contributed by atoms with Crippen molar-refractivity contribution in [1.29, 1.82) is 5.26 Å². The van der Waals surface area contributed by atoms with E-state index in [9.17, 15) is 14.4 Å². The number of carbonyl (C=O) groups excluding carboxylic acids is 3. The topological polar surface area (TPSA) is 87.5 Å². The standard InChI is InChI=1S/C18H17ClN2O4/c19-14-9-11(10-20)5-6-15(14)25-16(22)7-8-21-17(23)12-3-1-2-4-13(12)18(21)24/h5-6,9,12-13H,1-4,7-8H2/t12-,13-/m0/s1. The summed E-state index contributed by atoms with van der Waals surface area (Å²) in [6.07, 6.45) is 3.34. The first kappa shape index (κ1) is 17.4. The quantitative estimate of drug-likeness (QED) is 0.468. The van der Waals surface area contributed by atoms with Gasteiger partial charge in [0, 0.05) is 6.54 Å². The van der Waals surface area contributed by atoms with E-state index in [1.807, 2.05) is 6.07 Å². The van der Waals surface area contributed by atoms with Crippen LogP contribution in [0.15, 0.2) is 18.2 Å². The van der Waals surface area contributed by atoms with Crippen LogP contribution in [0.5, 0.6) is 5.75 Å². The Labute approximate surface area is 150 Å². The Hall–Kier alpha value is -2.39. The molecule has 2 amide bonds. The van der Waals surface area contributed by atoms with E-state index in [1.165, 1.54) is 23.1 Å². The largest absolute Gasteiger partial charge is 0.425 e. The molecule has 2 atom stereocenters. The Bertz CT molecular complexity index is 747. The zero-order valence-electron chi connectivity index (χ0n) is 13.5. The lowest BCUT2D eigenvalue weighted by atomic mass is 9.81. The normalized spacial score (nSPS) is 22.5. The van der Waals surface area contributed by atoms with Crippen LogP contribution in [0.3, 0.4) is 0 Å². The molecule has 2 fully saturated rings. The van der Waals surface area contributed by atoms with Gasteiger partial charge in [-0.2, -0.15) is 5.26 Å². The lowest BCUT2D eigenvalue weighted by molar-refractivity contribution is -0.141. The van der Waals surface area contributed by atoms with E-state index in [0.717, 1.165) is 25.7 Å². The SMILES string of the molecule is N#Cc1ccc(OC(=O)CCN2C(=O)[C@H]3CCCC[C@@H]3C2=O)c(Cl)c1. The van der Waals surface area contributed by atoms with Crippen LogP contribution in [0.25, 0.3) is 0 Å². The highest BCUT2D eigenvalue weighted by molar-refractivity contribution is 6.32. The van der Waals surface area contributed by atoms with E-state index >= 15 is 0 Å². The van der Waals surface area contributed by atoms with Crippen molar-refractivity contribution in [2.24, 2.45) is 11.8 Å². The van der Waals surface area contributed by atoms with Gasteiger partial charge in [-0.1, -0.05) is 24.4 Å². The van der Waals surface area contributed by atoms with E-state index in [-0.39, 0.29) is 47.4 Å². The number of hydrogen-bond acceptors (Lipinski definition) is 5. The zero-order valence-corrected chi connectivity index (χ0v) is 14.3.